The van der Waals surface area contributed by atoms with Crippen LogP contribution in [0.25, 0.3) is 0 Å². The Kier molecular flexibility index (Phi) is 4.10. The number of para-hydroxylation sites is 1. The molecule has 1 unspecified atom stereocenters. The van der Waals surface area contributed by atoms with Crippen LogP contribution in [0.1, 0.15) is 40.7 Å². The molecule has 1 aliphatic heterocycles. The summed E-state index contributed by atoms with van der Waals surface area (Å²) in [5, 5.41) is 0. The fourth-order valence-electron chi connectivity index (χ4n) is 3.13. The second-order valence-electron chi connectivity index (χ2n) is 5.65. The number of pyridine rings is 1. The predicted molar refractivity (Wildman–Crippen MR) is 88.3 cm³/mol. The lowest BCUT2D eigenvalue weighted by Gasteiger charge is -2.33. The highest BCUT2D eigenvalue weighted by atomic mass is 16.2. The average molecular weight is 309 g/mol. The summed E-state index contributed by atoms with van der Waals surface area (Å²) in [6.45, 7) is 2.48. The Bertz CT molecular complexity index is 757. The van der Waals surface area contributed by atoms with Crippen LogP contribution in [0.5, 0.6) is 0 Å². The molecule has 2 heterocycles. The lowest BCUT2D eigenvalue weighted by Crippen LogP contribution is -2.39. The van der Waals surface area contributed by atoms with Crippen molar-refractivity contribution in [2.24, 2.45) is 5.73 Å². The molecule has 5 heteroatoms. The molecule has 2 aromatic rings. The van der Waals surface area contributed by atoms with Crippen molar-refractivity contribution in [1.29, 1.82) is 0 Å². The molecule has 1 aliphatic rings. The highest BCUT2D eigenvalue weighted by Crippen LogP contribution is 2.35. The molecule has 0 aliphatic carbocycles. The second kappa shape index (κ2) is 6.20. The summed E-state index contributed by atoms with van der Waals surface area (Å²) in [6, 6.07) is 9.24. The van der Waals surface area contributed by atoms with Crippen LogP contribution >= 0.6 is 0 Å². The van der Waals surface area contributed by atoms with Gasteiger partial charge in [-0.15, -0.1) is 0 Å². The molecule has 2 N–H and O–H groups in total. The third-order valence-electron chi connectivity index (χ3n) is 4.35. The molecule has 0 fully saturated rings. The highest BCUT2D eigenvalue weighted by molar-refractivity contribution is 6.08. The van der Waals surface area contributed by atoms with Gasteiger partial charge >= 0.3 is 0 Å². The number of nitrogens with zero attached hydrogens (tertiary/aromatic N) is 2. The second-order valence-corrected chi connectivity index (χ2v) is 5.65. The van der Waals surface area contributed by atoms with E-state index in [0.717, 1.165) is 23.2 Å². The van der Waals surface area contributed by atoms with Crippen molar-refractivity contribution < 1.29 is 9.59 Å². The quantitative estimate of drug-likeness (QED) is 0.945. The molecule has 2 amide bonds. The number of rotatable bonds is 3. The number of primary amides is 1. The van der Waals surface area contributed by atoms with Crippen LogP contribution < -0.4 is 10.6 Å². The minimum absolute atomic E-state index is 0.0559. The van der Waals surface area contributed by atoms with Gasteiger partial charge in [0, 0.05) is 30.2 Å². The van der Waals surface area contributed by atoms with E-state index in [1.807, 2.05) is 31.2 Å². The lowest BCUT2D eigenvalue weighted by atomic mass is 9.89. The summed E-state index contributed by atoms with van der Waals surface area (Å²) in [7, 11) is 0. The van der Waals surface area contributed by atoms with Gasteiger partial charge in [-0.3, -0.25) is 14.6 Å². The number of nitrogens with two attached hydrogens (primary N) is 1. The van der Waals surface area contributed by atoms with Gasteiger partial charge in [-0.05, 0) is 36.1 Å². The molecule has 5 nitrogen and oxygen atoms in total. The van der Waals surface area contributed by atoms with E-state index in [9.17, 15) is 9.59 Å². The zero-order chi connectivity index (χ0) is 16.4. The normalized spacial score (nSPS) is 16.7. The zero-order valence-corrected chi connectivity index (χ0v) is 13.0. The Hall–Kier alpha value is -2.69. The van der Waals surface area contributed by atoms with Gasteiger partial charge in [-0.1, -0.05) is 25.1 Å². The molecule has 1 aromatic carbocycles. The minimum Gasteiger partial charge on any atom is -0.369 e. The summed E-state index contributed by atoms with van der Waals surface area (Å²) in [5.41, 5.74) is 8.69. The Balaban J connectivity index is 2.02. The molecule has 0 saturated heterocycles. The van der Waals surface area contributed by atoms with Crippen molar-refractivity contribution in [2.75, 3.05) is 11.4 Å². The Morgan fingerprint density at radius 3 is 2.83 bits per heavy atom. The van der Waals surface area contributed by atoms with E-state index in [-0.39, 0.29) is 17.7 Å². The van der Waals surface area contributed by atoms with Gasteiger partial charge < -0.3 is 10.6 Å². The molecule has 0 bridgehead atoms. The number of hydrogen-bond acceptors (Lipinski definition) is 3. The van der Waals surface area contributed by atoms with E-state index in [1.54, 1.807) is 23.4 Å². The summed E-state index contributed by atoms with van der Waals surface area (Å²) in [4.78, 5) is 30.5. The Morgan fingerprint density at radius 1 is 1.30 bits per heavy atom. The van der Waals surface area contributed by atoms with E-state index in [0.29, 0.717) is 18.5 Å². The van der Waals surface area contributed by atoms with Crippen LogP contribution in [0.3, 0.4) is 0 Å². The van der Waals surface area contributed by atoms with Gasteiger partial charge in [0.2, 0.25) is 5.91 Å². The van der Waals surface area contributed by atoms with Crippen molar-refractivity contribution in [3.63, 3.8) is 0 Å². The zero-order valence-electron chi connectivity index (χ0n) is 13.0. The molecule has 0 radical (unpaired) electrons. The van der Waals surface area contributed by atoms with Crippen LogP contribution in [-0.4, -0.2) is 23.3 Å². The minimum atomic E-state index is -0.345. The van der Waals surface area contributed by atoms with Gasteiger partial charge in [-0.25, -0.2) is 0 Å². The third kappa shape index (κ3) is 2.70. The highest BCUT2D eigenvalue weighted by Gasteiger charge is 2.32. The molecule has 0 spiro atoms. The van der Waals surface area contributed by atoms with E-state index in [4.69, 9.17) is 5.73 Å². The van der Waals surface area contributed by atoms with Crippen molar-refractivity contribution >= 4 is 17.5 Å². The van der Waals surface area contributed by atoms with Crippen LogP contribution in [0, 0.1) is 0 Å². The Labute approximate surface area is 135 Å². The molecule has 1 atom stereocenters. The standard InChI is InChI=1S/C18H19N3O2/c1-2-12-11-20-9-7-13(12)18(23)21-10-8-15(17(19)22)14-5-3-4-6-16(14)21/h3-7,9,11,15H,2,8,10H2,1H3,(H2,19,22). The number of carbonyl (C=O) groups excluding carboxylic acids is 2. The number of carbonyl (C=O) groups is 2. The van der Waals surface area contributed by atoms with Crippen molar-refractivity contribution in [3.8, 4) is 0 Å². The van der Waals surface area contributed by atoms with Gasteiger partial charge in [0.25, 0.3) is 5.91 Å². The first-order valence-electron chi connectivity index (χ1n) is 7.76. The van der Waals surface area contributed by atoms with Gasteiger partial charge in [0.1, 0.15) is 0 Å². The fraction of sp³-hybridized carbons (Fsp3) is 0.278. The van der Waals surface area contributed by atoms with Crippen LogP contribution in [0.15, 0.2) is 42.7 Å². The predicted octanol–water partition coefficient (Wildman–Crippen LogP) is 2.26. The maximum Gasteiger partial charge on any atom is 0.258 e. The summed E-state index contributed by atoms with van der Waals surface area (Å²) < 4.78 is 0. The monoisotopic (exact) mass is 309 g/mol. The van der Waals surface area contributed by atoms with E-state index < -0.39 is 0 Å². The molecule has 118 valence electrons. The lowest BCUT2D eigenvalue weighted by molar-refractivity contribution is -0.119. The smallest absolute Gasteiger partial charge is 0.258 e. The number of anilines is 1. The Morgan fingerprint density at radius 2 is 2.09 bits per heavy atom. The summed E-state index contributed by atoms with van der Waals surface area (Å²) in [6.07, 6.45) is 4.66. The first kappa shape index (κ1) is 15.2. The van der Waals surface area contributed by atoms with Crippen molar-refractivity contribution in [3.05, 3.63) is 59.4 Å². The maximum atomic E-state index is 13.0. The molecule has 1 aromatic heterocycles. The number of hydrogen-bond donors (Lipinski definition) is 1. The largest absolute Gasteiger partial charge is 0.369 e. The van der Waals surface area contributed by atoms with Crippen molar-refractivity contribution in [1.82, 2.24) is 4.98 Å². The number of amides is 2. The van der Waals surface area contributed by atoms with Gasteiger partial charge in [-0.2, -0.15) is 0 Å². The topological polar surface area (TPSA) is 76.3 Å². The van der Waals surface area contributed by atoms with Gasteiger partial charge in [0.05, 0.1) is 5.92 Å². The third-order valence-corrected chi connectivity index (χ3v) is 4.35. The maximum absolute atomic E-state index is 13.0. The summed E-state index contributed by atoms with van der Waals surface area (Å²) in [5.74, 6) is -0.735. The molecular weight excluding hydrogens is 290 g/mol. The molecule has 23 heavy (non-hydrogen) atoms. The van der Waals surface area contributed by atoms with E-state index >= 15 is 0 Å². The number of aryl methyl sites for hydroxylation is 1. The first-order chi connectivity index (χ1) is 11.1. The van der Waals surface area contributed by atoms with E-state index in [2.05, 4.69) is 4.98 Å². The number of fused-ring (bicyclic) bond motifs is 1. The average Bonchev–Trinajstić information content (AvgIpc) is 2.60. The molecular formula is C18H19N3O2. The van der Waals surface area contributed by atoms with Crippen molar-refractivity contribution in [2.45, 2.75) is 25.7 Å². The van der Waals surface area contributed by atoms with Crippen LogP contribution in [0.4, 0.5) is 5.69 Å². The molecule has 3 rings (SSSR count). The van der Waals surface area contributed by atoms with Gasteiger partial charge in [0.15, 0.2) is 0 Å². The van der Waals surface area contributed by atoms with E-state index in [1.165, 1.54) is 0 Å². The first-order valence-corrected chi connectivity index (χ1v) is 7.76. The fourth-order valence-corrected chi connectivity index (χ4v) is 3.13. The number of aromatic nitrogens is 1. The number of benzene rings is 1. The van der Waals surface area contributed by atoms with Crippen LogP contribution in [0.2, 0.25) is 0 Å². The van der Waals surface area contributed by atoms with Crippen LogP contribution in [-0.2, 0) is 11.2 Å². The molecule has 0 saturated carbocycles. The SMILES string of the molecule is CCc1cnccc1C(=O)N1CCC(C(N)=O)c2ccccc21. The summed E-state index contributed by atoms with van der Waals surface area (Å²) >= 11 is 0.